The van der Waals surface area contributed by atoms with Crippen LogP contribution in [-0.4, -0.2) is 37.4 Å². The lowest BCUT2D eigenvalue weighted by Gasteiger charge is -2.28. The summed E-state index contributed by atoms with van der Waals surface area (Å²) in [6.07, 6.45) is 0.0738. The zero-order valence-electron chi connectivity index (χ0n) is 10.3. The molecule has 2 rings (SSSR count). The van der Waals surface area contributed by atoms with Crippen molar-refractivity contribution in [1.82, 2.24) is 4.98 Å². The normalized spacial score (nSPS) is 16.3. The largest absolute Gasteiger partial charge is 0.473 e. The van der Waals surface area contributed by atoms with E-state index in [-0.39, 0.29) is 6.10 Å². The van der Waals surface area contributed by atoms with E-state index in [9.17, 15) is 0 Å². The quantitative estimate of drug-likeness (QED) is 0.858. The summed E-state index contributed by atoms with van der Waals surface area (Å²) < 4.78 is 10.9. The Morgan fingerprint density at radius 1 is 1.35 bits per heavy atom. The van der Waals surface area contributed by atoms with E-state index in [1.807, 2.05) is 26.0 Å². The highest BCUT2D eigenvalue weighted by Gasteiger charge is 2.14. The number of pyridine rings is 1. The van der Waals surface area contributed by atoms with Gasteiger partial charge in [-0.1, -0.05) is 0 Å². The summed E-state index contributed by atoms with van der Waals surface area (Å²) in [5.41, 5.74) is 6.42. The molecule has 17 heavy (non-hydrogen) atoms. The Bertz CT molecular complexity index is 376. The Labute approximate surface area is 102 Å². The Morgan fingerprint density at radius 3 is 2.71 bits per heavy atom. The molecule has 0 radical (unpaired) electrons. The molecule has 0 saturated carbocycles. The monoisotopic (exact) mass is 237 g/mol. The van der Waals surface area contributed by atoms with Crippen LogP contribution >= 0.6 is 0 Å². The Kier molecular flexibility index (Phi) is 3.68. The zero-order valence-corrected chi connectivity index (χ0v) is 10.3. The predicted octanol–water partition coefficient (Wildman–Crippen LogP) is 1.29. The molecule has 5 heteroatoms. The van der Waals surface area contributed by atoms with E-state index in [0.717, 1.165) is 32.1 Å². The SMILES string of the molecule is CC(C)Oc1nc(N2CCOCC2)ccc1N. The maximum atomic E-state index is 5.84. The molecule has 1 aliphatic rings. The van der Waals surface area contributed by atoms with E-state index in [1.54, 1.807) is 0 Å². The van der Waals surface area contributed by atoms with Crippen molar-refractivity contribution in [2.24, 2.45) is 0 Å². The van der Waals surface area contributed by atoms with Crippen LogP contribution in [0.2, 0.25) is 0 Å². The van der Waals surface area contributed by atoms with Crippen molar-refractivity contribution in [1.29, 1.82) is 0 Å². The molecule has 1 aromatic rings. The minimum atomic E-state index is 0.0738. The number of nitrogen functional groups attached to an aromatic ring is 1. The Morgan fingerprint density at radius 2 is 2.06 bits per heavy atom. The number of rotatable bonds is 3. The molecule has 5 nitrogen and oxygen atoms in total. The molecule has 0 spiro atoms. The van der Waals surface area contributed by atoms with Gasteiger partial charge < -0.3 is 20.1 Å². The average molecular weight is 237 g/mol. The van der Waals surface area contributed by atoms with Crippen molar-refractivity contribution in [3.63, 3.8) is 0 Å². The van der Waals surface area contributed by atoms with E-state index in [0.29, 0.717) is 11.6 Å². The van der Waals surface area contributed by atoms with Gasteiger partial charge in [-0.25, -0.2) is 0 Å². The first-order chi connectivity index (χ1) is 8.16. The van der Waals surface area contributed by atoms with Gasteiger partial charge in [0.05, 0.1) is 25.0 Å². The smallest absolute Gasteiger partial charge is 0.239 e. The van der Waals surface area contributed by atoms with E-state index in [1.165, 1.54) is 0 Å². The second-order valence-electron chi connectivity index (χ2n) is 4.33. The second kappa shape index (κ2) is 5.23. The number of ether oxygens (including phenoxy) is 2. The standard InChI is InChI=1S/C12H19N3O2/c1-9(2)17-12-10(13)3-4-11(14-12)15-5-7-16-8-6-15/h3-4,9H,5-8,13H2,1-2H3. The lowest BCUT2D eigenvalue weighted by molar-refractivity contribution is 0.122. The first kappa shape index (κ1) is 12.0. The van der Waals surface area contributed by atoms with Crippen LogP contribution in [0, 0.1) is 0 Å². The van der Waals surface area contributed by atoms with Gasteiger partial charge in [-0.3, -0.25) is 0 Å². The van der Waals surface area contributed by atoms with Crippen LogP contribution in [0.25, 0.3) is 0 Å². The minimum absolute atomic E-state index is 0.0738. The van der Waals surface area contributed by atoms with Crippen LogP contribution in [0.5, 0.6) is 5.88 Å². The van der Waals surface area contributed by atoms with Crippen molar-refractivity contribution in [3.05, 3.63) is 12.1 Å². The summed E-state index contributed by atoms with van der Waals surface area (Å²) in [7, 11) is 0. The molecule has 0 aromatic carbocycles. The van der Waals surface area contributed by atoms with Crippen molar-refractivity contribution >= 4 is 11.5 Å². The second-order valence-corrected chi connectivity index (χ2v) is 4.33. The van der Waals surface area contributed by atoms with Gasteiger partial charge in [-0.15, -0.1) is 0 Å². The summed E-state index contributed by atoms with van der Waals surface area (Å²) in [5, 5.41) is 0. The highest BCUT2D eigenvalue weighted by atomic mass is 16.5. The van der Waals surface area contributed by atoms with Crippen LogP contribution in [-0.2, 0) is 4.74 Å². The first-order valence-corrected chi connectivity index (χ1v) is 5.92. The Balaban J connectivity index is 2.17. The van der Waals surface area contributed by atoms with Crippen molar-refractivity contribution < 1.29 is 9.47 Å². The molecule has 0 bridgehead atoms. The third-order valence-electron chi connectivity index (χ3n) is 2.56. The van der Waals surface area contributed by atoms with Crippen LogP contribution in [0.1, 0.15) is 13.8 Å². The highest BCUT2D eigenvalue weighted by Crippen LogP contribution is 2.24. The van der Waals surface area contributed by atoms with Crippen molar-refractivity contribution in [2.75, 3.05) is 36.9 Å². The van der Waals surface area contributed by atoms with Gasteiger partial charge in [0.1, 0.15) is 5.82 Å². The third kappa shape index (κ3) is 3.00. The first-order valence-electron chi connectivity index (χ1n) is 5.92. The number of nitrogens with two attached hydrogens (primary N) is 1. The molecule has 0 aliphatic carbocycles. The molecule has 1 aliphatic heterocycles. The van der Waals surface area contributed by atoms with E-state index < -0.39 is 0 Å². The van der Waals surface area contributed by atoms with E-state index >= 15 is 0 Å². The maximum Gasteiger partial charge on any atom is 0.239 e. The van der Waals surface area contributed by atoms with Gasteiger partial charge in [0, 0.05) is 13.1 Å². The van der Waals surface area contributed by atoms with E-state index in [2.05, 4.69) is 9.88 Å². The molecule has 94 valence electrons. The van der Waals surface area contributed by atoms with Gasteiger partial charge >= 0.3 is 0 Å². The number of hydrogen-bond acceptors (Lipinski definition) is 5. The van der Waals surface area contributed by atoms with E-state index in [4.69, 9.17) is 15.2 Å². The molecular formula is C12H19N3O2. The molecule has 1 saturated heterocycles. The van der Waals surface area contributed by atoms with Gasteiger partial charge in [-0.2, -0.15) is 4.98 Å². The number of morpholine rings is 1. The molecule has 2 N–H and O–H groups in total. The lowest BCUT2D eigenvalue weighted by Crippen LogP contribution is -2.36. The number of nitrogens with zero attached hydrogens (tertiary/aromatic N) is 2. The van der Waals surface area contributed by atoms with Gasteiger partial charge in [-0.05, 0) is 26.0 Å². The lowest BCUT2D eigenvalue weighted by atomic mass is 10.3. The summed E-state index contributed by atoms with van der Waals surface area (Å²) in [6.45, 7) is 7.12. The maximum absolute atomic E-state index is 5.84. The Hall–Kier alpha value is -1.49. The molecule has 0 atom stereocenters. The topological polar surface area (TPSA) is 60.6 Å². The van der Waals surface area contributed by atoms with Crippen LogP contribution < -0.4 is 15.4 Å². The molecule has 0 amide bonds. The molecular weight excluding hydrogens is 218 g/mol. The average Bonchev–Trinajstić information content (AvgIpc) is 2.32. The molecule has 1 aromatic heterocycles. The molecule has 1 fully saturated rings. The molecule has 2 heterocycles. The van der Waals surface area contributed by atoms with Gasteiger partial charge in [0.25, 0.3) is 0 Å². The number of anilines is 2. The van der Waals surface area contributed by atoms with Crippen LogP contribution in [0.3, 0.4) is 0 Å². The fourth-order valence-electron chi connectivity index (χ4n) is 1.73. The summed E-state index contributed by atoms with van der Waals surface area (Å²) >= 11 is 0. The van der Waals surface area contributed by atoms with Gasteiger partial charge in [0.2, 0.25) is 5.88 Å². The van der Waals surface area contributed by atoms with Crippen LogP contribution in [0.15, 0.2) is 12.1 Å². The summed E-state index contributed by atoms with van der Waals surface area (Å²) in [4.78, 5) is 6.64. The van der Waals surface area contributed by atoms with Crippen molar-refractivity contribution in [3.8, 4) is 5.88 Å². The fourth-order valence-corrected chi connectivity index (χ4v) is 1.73. The summed E-state index contributed by atoms with van der Waals surface area (Å²) in [6, 6.07) is 3.77. The van der Waals surface area contributed by atoms with Gasteiger partial charge in [0.15, 0.2) is 0 Å². The predicted molar refractivity (Wildman–Crippen MR) is 67.4 cm³/mol. The third-order valence-corrected chi connectivity index (χ3v) is 2.56. The fraction of sp³-hybridized carbons (Fsp3) is 0.583. The zero-order chi connectivity index (χ0) is 12.3. The number of hydrogen-bond donors (Lipinski definition) is 1. The van der Waals surface area contributed by atoms with Crippen LogP contribution in [0.4, 0.5) is 11.5 Å². The van der Waals surface area contributed by atoms with Crippen molar-refractivity contribution in [2.45, 2.75) is 20.0 Å². The minimum Gasteiger partial charge on any atom is -0.473 e. The molecule has 0 unspecified atom stereocenters. The summed E-state index contributed by atoms with van der Waals surface area (Å²) in [5.74, 6) is 1.42. The number of aromatic nitrogens is 1. The highest BCUT2D eigenvalue weighted by molar-refractivity contribution is 5.54.